The predicted octanol–water partition coefficient (Wildman–Crippen LogP) is 2.14. The Kier molecular flexibility index (Phi) is 2.97. The number of rotatable bonds is 1. The number of ether oxygens (including phenoxy) is 1. The van der Waals surface area contributed by atoms with E-state index in [1.54, 1.807) is 31.3 Å². The number of para-hydroxylation sites is 1. The summed E-state index contributed by atoms with van der Waals surface area (Å²) in [5.74, 6) is -1.32. The molecule has 1 aromatic heterocycles. The van der Waals surface area contributed by atoms with Crippen LogP contribution in [0.5, 0.6) is 0 Å². The van der Waals surface area contributed by atoms with E-state index in [0.717, 1.165) is 16.5 Å². The summed E-state index contributed by atoms with van der Waals surface area (Å²) in [6.07, 6.45) is 1.62. The SMILES string of the molecule is Cc1cccc2cc3c(nc12)/C(=C\N(C)C)C(=O)OC3=O. The Bertz CT molecular complexity index is 807. The molecule has 0 saturated heterocycles. The molecule has 0 spiro atoms. The van der Waals surface area contributed by atoms with Crippen molar-refractivity contribution in [1.82, 2.24) is 9.88 Å². The minimum atomic E-state index is -0.665. The van der Waals surface area contributed by atoms with E-state index in [4.69, 9.17) is 4.74 Å². The lowest BCUT2D eigenvalue weighted by Gasteiger charge is -2.18. The summed E-state index contributed by atoms with van der Waals surface area (Å²) in [5, 5.41) is 0.851. The van der Waals surface area contributed by atoms with Crippen LogP contribution < -0.4 is 0 Å². The fourth-order valence-corrected chi connectivity index (χ4v) is 2.37. The standard InChI is InChI=1S/C16H14N2O3/c1-9-5-4-6-10-7-11-14(17-13(9)10)12(8-18(2)3)16(20)21-15(11)19/h4-8H,1-3H3/b12-8+. The van der Waals surface area contributed by atoms with Crippen LogP contribution in [0.1, 0.15) is 21.6 Å². The first kappa shape index (κ1) is 13.3. The number of fused-ring (bicyclic) bond motifs is 2. The van der Waals surface area contributed by atoms with Crippen molar-refractivity contribution >= 4 is 28.4 Å². The average molecular weight is 282 g/mol. The Morgan fingerprint density at radius 3 is 2.67 bits per heavy atom. The topological polar surface area (TPSA) is 59.5 Å². The molecule has 0 N–H and O–H groups in total. The molecule has 0 bridgehead atoms. The number of hydrogen-bond acceptors (Lipinski definition) is 5. The Hall–Kier alpha value is -2.69. The molecule has 0 atom stereocenters. The summed E-state index contributed by atoms with van der Waals surface area (Å²) in [6.45, 7) is 1.94. The van der Waals surface area contributed by atoms with Crippen LogP contribution in [-0.2, 0) is 9.53 Å². The van der Waals surface area contributed by atoms with Gasteiger partial charge in [-0.1, -0.05) is 18.2 Å². The van der Waals surface area contributed by atoms with Crippen LogP contribution in [0.2, 0.25) is 0 Å². The molecule has 5 heteroatoms. The molecule has 3 rings (SSSR count). The first-order valence-electron chi connectivity index (χ1n) is 6.53. The van der Waals surface area contributed by atoms with Crippen molar-refractivity contribution in [3.05, 3.63) is 47.3 Å². The predicted molar refractivity (Wildman–Crippen MR) is 78.6 cm³/mol. The van der Waals surface area contributed by atoms with Gasteiger partial charge < -0.3 is 9.64 Å². The fourth-order valence-electron chi connectivity index (χ4n) is 2.37. The highest BCUT2D eigenvalue weighted by molar-refractivity contribution is 6.25. The van der Waals surface area contributed by atoms with Gasteiger partial charge in [-0.2, -0.15) is 0 Å². The third kappa shape index (κ3) is 2.16. The molecule has 106 valence electrons. The van der Waals surface area contributed by atoms with Crippen molar-refractivity contribution in [1.29, 1.82) is 0 Å². The number of carbonyl (C=O) groups is 2. The molecule has 21 heavy (non-hydrogen) atoms. The molecule has 1 aliphatic rings. The first-order valence-corrected chi connectivity index (χ1v) is 6.53. The van der Waals surface area contributed by atoms with Gasteiger partial charge in [0.15, 0.2) is 0 Å². The Labute approximate surface area is 121 Å². The third-order valence-corrected chi connectivity index (χ3v) is 3.32. The van der Waals surface area contributed by atoms with E-state index in [1.165, 1.54) is 0 Å². The van der Waals surface area contributed by atoms with Crippen molar-refractivity contribution in [3.8, 4) is 0 Å². The first-order chi connectivity index (χ1) is 9.97. The van der Waals surface area contributed by atoms with Gasteiger partial charge in [0.05, 0.1) is 16.8 Å². The lowest BCUT2D eigenvalue weighted by molar-refractivity contribution is -0.131. The molecule has 2 heterocycles. The number of carbonyl (C=O) groups excluding carboxylic acids is 2. The zero-order chi connectivity index (χ0) is 15.1. The molecule has 0 saturated carbocycles. The van der Waals surface area contributed by atoms with Gasteiger partial charge in [0, 0.05) is 25.7 Å². The summed E-state index contributed by atoms with van der Waals surface area (Å²) in [4.78, 5) is 30.1. The number of pyridine rings is 1. The van der Waals surface area contributed by atoms with Crippen molar-refractivity contribution in [2.45, 2.75) is 6.92 Å². The van der Waals surface area contributed by atoms with Crippen LogP contribution >= 0.6 is 0 Å². The Balaban J connectivity index is 2.35. The Morgan fingerprint density at radius 1 is 1.19 bits per heavy atom. The molecule has 5 nitrogen and oxygen atoms in total. The van der Waals surface area contributed by atoms with Gasteiger partial charge in [0.1, 0.15) is 5.57 Å². The summed E-state index contributed by atoms with van der Waals surface area (Å²) < 4.78 is 4.79. The van der Waals surface area contributed by atoms with Gasteiger partial charge in [-0.25, -0.2) is 14.6 Å². The molecule has 0 fully saturated rings. The van der Waals surface area contributed by atoms with Gasteiger partial charge in [0.2, 0.25) is 0 Å². The van der Waals surface area contributed by atoms with Crippen LogP contribution in [0.3, 0.4) is 0 Å². The largest absolute Gasteiger partial charge is 0.386 e. The lowest BCUT2D eigenvalue weighted by Crippen LogP contribution is -2.24. The van der Waals surface area contributed by atoms with E-state index in [-0.39, 0.29) is 0 Å². The third-order valence-electron chi connectivity index (χ3n) is 3.32. The van der Waals surface area contributed by atoms with E-state index < -0.39 is 11.9 Å². The highest BCUT2D eigenvalue weighted by Gasteiger charge is 2.31. The van der Waals surface area contributed by atoms with Crippen molar-refractivity contribution in [2.75, 3.05) is 14.1 Å². The highest BCUT2D eigenvalue weighted by Crippen LogP contribution is 2.29. The van der Waals surface area contributed by atoms with Gasteiger partial charge in [-0.15, -0.1) is 0 Å². The van der Waals surface area contributed by atoms with E-state index in [9.17, 15) is 9.59 Å². The van der Waals surface area contributed by atoms with E-state index in [0.29, 0.717) is 16.8 Å². The number of hydrogen-bond donors (Lipinski definition) is 0. The molecular weight excluding hydrogens is 268 g/mol. The molecule has 1 aliphatic heterocycles. The van der Waals surface area contributed by atoms with Crippen molar-refractivity contribution in [2.24, 2.45) is 0 Å². The lowest BCUT2D eigenvalue weighted by atomic mass is 10.0. The minimum absolute atomic E-state index is 0.291. The second-order valence-electron chi connectivity index (χ2n) is 5.21. The zero-order valence-corrected chi connectivity index (χ0v) is 12.0. The maximum atomic E-state index is 11.9. The maximum Gasteiger partial charge on any atom is 0.349 e. The molecule has 0 radical (unpaired) electrons. The van der Waals surface area contributed by atoms with Gasteiger partial charge in [-0.3, -0.25) is 0 Å². The van der Waals surface area contributed by atoms with Crippen molar-refractivity contribution < 1.29 is 14.3 Å². The summed E-state index contributed by atoms with van der Waals surface area (Å²) in [7, 11) is 3.59. The average Bonchev–Trinajstić information content (AvgIpc) is 2.42. The van der Waals surface area contributed by atoms with Crippen molar-refractivity contribution in [3.63, 3.8) is 0 Å². The molecule has 2 aromatic rings. The molecule has 0 aliphatic carbocycles. The maximum absolute atomic E-state index is 11.9. The number of benzene rings is 1. The van der Waals surface area contributed by atoms with Gasteiger partial charge >= 0.3 is 11.9 Å². The monoisotopic (exact) mass is 282 g/mol. The van der Waals surface area contributed by atoms with Crippen LogP contribution in [-0.4, -0.2) is 35.9 Å². The van der Waals surface area contributed by atoms with Gasteiger partial charge in [-0.05, 0) is 18.6 Å². The normalized spacial score (nSPS) is 16.0. The number of cyclic esters (lactones) is 2. The minimum Gasteiger partial charge on any atom is -0.386 e. The van der Waals surface area contributed by atoms with E-state index >= 15 is 0 Å². The zero-order valence-electron chi connectivity index (χ0n) is 12.0. The van der Waals surface area contributed by atoms with Crippen LogP contribution in [0.4, 0.5) is 0 Å². The summed E-state index contributed by atoms with van der Waals surface area (Å²) in [6, 6.07) is 7.46. The smallest absolute Gasteiger partial charge is 0.349 e. The number of aromatic nitrogens is 1. The van der Waals surface area contributed by atoms with Crippen LogP contribution in [0, 0.1) is 6.92 Å². The summed E-state index contributed by atoms with van der Waals surface area (Å²) in [5.41, 5.74) is 2.77. The second kappa shape index (κ2) is 4.70. The second-order valence-corrected chi connectivity index (χ2v) is 5.21. The van der Waals surface area contributed by atoms with Crippen LogP contribution in [0.25, 0.3) is 16.5 Å². The number of nitrogens with zero attached hydrogens (tertiary/aromatic N) is 2. The Morgan fingerprint density at radius 2 is 1.95 bits per heavy atom. The molecule has 1 aromatic carbocycles. The highest BCUT2D eigenvalue weighted by atomic mass is 16.6. The summed E-state index contributed by atoms with van der Waals surface area (Å²) >= 11 is 0. The fraction of sp³-hybridized carbons (Fsp3) is 0.188. The molecular formula is C16H14N2O3. The molecule has 0 unspecified atom stereocenters. The van der Waals surface area contributed by atoms with E-state index in [1.807, 2.05) is 25.1 Å². The number of aryl methyl sites for hydroxylation is 1. The number of esters is 2. The van der Waals surface area contributed by atoms with E-state index in [2.05, 4.69) is 4.98 Å². The van der Waals surface area contributed by atoms with Crippen LogP contribution in [0.15, 0.2) is 30.5 Å². The van der Waals surface area contributed by atoms with Gasteiger partial charge in [0.25, 0.3) is 0 Å². The quantitative estimate of drug-likeness (QED) is 0.455. The molecule has 0 amide bonds.